The van der Waals surface area contributed by atoms with Gasteiger partial charge in [0, 0.05) is 18.4 Å². The third kappa shape index (κ3) is 4.32. The molecule has 0 fully saturated rings. The van der Waals surface area contributed by atoms with Crippen LogP contribution in [0, 0.1) is 11.6 Å². The number of likely N-dealkylation sites (N-methyl/N-ethyl adjacent to an activating group) is 1. The standard InChI is InChI=1S/C18H23F2N3O3/c1-23(18(25)26-9-8-24)15-7-2-4-11(17(15)22)10-14(21)16-12(19)5-3-6-13(16)20/h3,5-6,10,15,24H,2,4,7-9,21-22H2,1H3/b14-10-. The van der Waals surface area contributed by atoms with Crippen LogP contribution in [0.5, 0.6) is 0 Å². The van der Waals surface area contributed by atoms with Crippen LogP contribution in [-0.2, 0) is 4.74 Å². The maximum atomic E-state index is 13.9. The molecule has 1 aromatic carbocycles. The number of nitrogens with zero attached hydrogens (tertiary/aromatic N) is 1. The summed E-state index contributed by atoms with van der Waals surface area (Å²) in [5, 5.41) is 8.74. The highest BCUT2D eigenvalue weighted by Gasteiger charge is 2.28. The number of carbonyl (C=O) groups excluding carboxylic acids is 1. The molecule has 2 rings (SSSR count). The number of nitrogens with two attached hydrogens (primary N) is 2. The molecule has 6 nitrogen and oxygen atoms in total. The molecule has 0 bridgehead atoms. The fourth-order valence-corrected chi connectivity index (χ4v) is 2.95. The number of hydrogen-bond acceptors (Lipinski definition) is 5. The van der Waals surface area contributed by atoms with E-state index in [0.717, 1.165) is 18.6 Å². The first-order chi connectivity index (χ1) is 12.4. The number of aliphatic hydroxyl groups is 1. The molecule has 1 aliphatic carbocycles. The van der Waals surface area contributed by atoms with Crippen LogP contribution in [0.3, 0.4) is 0 Å². The summed E-state index contributed by atoms with van der Waals surface area (Å²) in [6, 6.07) is 3.11. The lowest BCUT2D eigenvalue weighted by molar-refractivity contribution is 0.0816. The molecule has 5 N–H and O–H groups in total. The molecular weight excluding hydrogens is 344 g/mol. The van der Waals surface area contributed by atoms with E-state index in [2.05, 4.69) is 0 Å². The van der Waals surface area contributed by atoms with E-state index < -0.39 is 23.8 Å². The third-order valence-corrected chi connectivity index (χ3v) is 4.31. The van der Waals surface area contributed by atoms with Crippen LogP contribution in [0.1, 0.15) is 24.8 Å². The average molecular weight is 367 g/mol. The van der Waals surface area contributed by atoms with Gasteiger partial charge in [0.1, 0.15) is 18.2 Å². The van der Waals surface area contributed by atoms with E-state index in [-0.39, 0.29) is 24.5 Å². The highest BCUT2D eigenvalue weighted by molar-refractivity contribution is 5.69. The number of halogens is 2. The number of benzene rings is 1. The van der Waals surface area contributed by atoms with Crippen LogP contribution in [0.15, 0.2) is 35.5 Å². The lowest BCUT2D eigenvalue weighted by Crippen LogP contribution is -2.42. The smallest absolute Gasteiger partial charge is 0.410 e. The fraction of sp³-hybridized carbons (Fsp3) is 0.389. The van der Waals surface area contributed by atoms with Crippen LogP contribution in [0.4, 0.5) is 13.6 Å². The second-order valence-corrected chi connectivity index (χ2v) is 6.03. The van der Waals surface area contributed by atoms with Crippen molar-refractivity contribution in [1.82, 2.24) is 4.90 Å². The first-order valence-electron chi connectivity index (χ1n) is 8.27. The van der Waals surface area contributed by atoms with Crippen molar-refractivity contribution < 1.29 is 23.4 Å². The van der Waals surface area contributed by atoms with Gasteiger partial charge >= 0.3 is 6.09 Å². The molecule has 1 amide bonds. The topological polar surface area (TPSA) is 102 Å². The molecule has 1 aliphatic rings. The molecule has 142 valence electrons. The number of ether oxygens (including phenoxy) is 1. The number of rotatable bonds is 5. The van der Waals surface area contributed by atoms with E-state index in [4.69, 9.17) is 21.3 Å². The normalized spacial score (nSPS) is 18.0. The van der Waals surface area contributed by atoms with E-state index >= 15 is 0 Å². The van der Waals surface area contributed by atoms with Gasteiger partial charge in [-0.2, -0.15) is 0 Å². The van der Waals surface area contributed by atoms with Crippen molar-refractivity contribution in [3.63, 3.8) is 0 Å². The second-order valence-electron chi connectivity index (χ2n) is 6.03. The average Bonchev–Trinajstić information content (AvgIpc) is 2.60. The Hall–Kier alpha value is -2.61. The Kier molecular flexibility index (Phi) is 6.57. The van der Waals surface area contributed by atoms with Gasteiger partial charge in [0.15, 0.2) is 0 Å². The zero-order valence-corrected chi connectivity index (χ0v) is 14.5. The Morgan fingerprint density at radius 2 is 2.08 bits per heavy atom. The minimum Gasteiger partial charge on any atom is -0.447 e. The van der Waals surface area contributed by atoms with Crippen molar-refractivity contribution in [2.75, 3.05) is 20.3 Å². The number of hydrogen-bond donors (Lipinski definition) is 3. The Bertz CT molecular complexity index is 714. The molecule has 0 heterocycles. The molecule has 1 atom stereocenters. The zero-order valence-electron chi connectivity index (χ0n) is 14.5. The maximum absolute atomic E-state index is 13.9. The van der Waals surface area contributed by atoms with Crippen LogP contribution in [0.25, 0.3) is 5.70 Å². The Balaban J connectivity index is 2.29. The van der Waals surface area contributed by atoms with Crippen molar-refractivity contribution in [2.45, 2.75) is 25.3 Å². The van der Waals surface area contributed by atoms with Gasteiger partial charge in [-0.15, -0.1) is 0 Å². The van der Waals surface area contributed by atoms with E-state index in [9.17, 15) is 13.6 Å². The molecule has 0 aromatic heterocycles. The predicted octanol–water partition coefficient (Wildman–Crippen LogP) is 2.09. The molecule has 26 heavy (non-hydrogen) atoms. The number of aliphatic hydroxyl groups excluding tert-OH is 1. The summed E-state index contributed by atoms with van der Waals surface area (Å²) in [6.45, 7) is -0.375. The summed E-state index contributed by atoms with van der Waals surface area (Å²) < 4.78 is 32.7. The third-order valence-electron chi connectivity index (χ3n) is 4.31. The Labute approximate surface area is 150 Å². The summed E-state index contributed by atoms with van der Waals surface area (Å²) in [6.07, 6.45) is 2.78. The minimum absolute atomic E-state index is 0.0651. The fourth-order valence-electron chi connectivity index (χ4n) is 2.95. The van der Waals surface area contributed by atoms with E-state index in [1.807, 2.05) is 0 Å². The van der Waals surface area contributed by atoms with Gasteiger partial charge in [-0.1, -0.05) is 6.07 Å². The van der Waals surface area contributed by atoms with E-state index in [1.165, 1.54) is 17.0 Å². The minimum atomic E-state index is -0.755. The van der Waals surface area contributed by atoms with Crippen molar-refractivity contribution in [1.29, 1.82) is 0 Å². The molecule has 1 aromatic rings. The lowest BCUT2D eigenvalue weighted by atomic mass is 9.90. The summed E-state index contributed by atoms with van der Waals surface area (Å²) in [5.41, 5.74) is 12.7. The summed E-state index contributed by atoms with van der Waals surface area (Å²) in [4.78, 5) is 13.3. The summed E-state index contributed by atoms with van der Waals surface area (Å²) in [7, 11) is 1.55. The van der Waals surface area contributed by atoms with Gasteiger partial charge in [-0.25, -0.2) is 13.6 Å². The monoisotopic (exact) mass is 367 g/mol. The number of allylic oxidation sites excluding steroid dienone is 2. The van der Waals surface area contributed by atoms with Gasteiger partial charge in [0.05, 0.1) is 18.2 Å². The largest absolute Gasteiger partial charge is 0.447 e. The van der Waals surface area contributed by atoms with Crippen LogP contribution in [-0.4, -0.2) is 42.4 Å². The molecule has 0 spiro atoms. The summed E-state index contributed by atoms with van der Waals surface area (Å²) in [5.74, 6) is -1.51. The van der Waals surface area contributed by atoms with Crippen molar-refractivity contribution in [3.05, 3.63) is 52.7 Å². The lowest BCUT2D eigenvalue weighted by Gasteiger charge is -2.32. The van der Waals surface area contributed by atoms with Crippen molar-refractivity contribution in [3.8, 4) is 0 Å². The summed E-state index contributed by atoms with van der Waals surface area (Å²) >= 11 is 0. The molecule has 0 radical (unpaired) electrons. The highest BCUT2D eigenvalue weighted by Crippen LogP contribution is 2.29. The van der Waals surface area contributed by atoms with Gasteiger partial charge in [0.2, 0.25) is 0 Å². The van der Waals surface area contributed by atoms with Crippen molar-refractivity contribution in [2.24, 2.45) is 11.5 Å². The molecule has 0 saturated carbocycles. The van der Waals surface area contributed by atoms with E-state index in [1.54, 1.807) is 7.05 Å². The molecule has 8 heteroatoms. The second kappa shape index (κ2) is 8.66. The van der Waals surface area contributed by atoms with Crippen molar-refractivity contribution >= 4 is 11.8 Å². The quantitative estimate of drug-likeness (QED) is 0.740. The maximum Gasteiger partial charge on any atom is 0.410 e. The molecule has 0 saturated heterocycles. The predicted molar refractivity (Wildman–Crippen MR) is 93.6 cm³/mol. The number of carbonyl (C=O) groups is 1. The van der Waals surface area contributed by atoms with Gasteiger partial charge < -0.3 is 26.2 Å². The Morgan fingerprint density at radius 3 is 2.69 bits per heavy atom. The molecule has 0 aliphatic heterocycles. The molecule has 1 unspecified atom stereocenters. The van der Waals surface area contributed by atoms with Gasteiger partial charge in [0.25, 0.3) is 0 Å². The Morgan fingerprint density at radius 1 is 1.42 bits per heavy atom. The first-order valence-corrected chi connectivity index (χ1v) is 8.27. The zero-order chi connectivity index (χ0) is 19.3. The van der Waals surface area contributed by atoms with E-state index in [0.29, 0.717) is 24.1 Å². The molecular formula is C18H23F2N3O3. The highest BCUT2D eigenvalue weighted by atomic mass is 19.1. The van der Waals surface area contributed by atoms with Crippen LogP contribution in [0.2, 0.25) is 0 Å². The van der Waals surface area contributed by atoms with Gasteiger partial charge in [-0.3, -0.25) is 0 Å². The first kappa shape index (κ1) is 19.7. The van der Waals surface area contributed by atoms with Crippen LogP contribution >= 0.6 is 0 Å². The van der Waals surface area contributed by atoms with Gasteiger partial charge in [-0.05, 0) is 43.0 Å². The number of amides is 1. The van der Waals surface area contributed by atoms with Crippen LogP contribution < -0.4 is 11.5 Å². The SMILES string of the molecule is CN(C(=O)OCCO)C1CCCC(/C=C(\N)c2c(F)cccc2F)=C1N.